The van der Waals surface area contributed by atoms with Crippen LogP contribution >= 0.6 is 0 Å². The Hall–Kier alpha value is -0.250. The van der Waals surface area contributed by atoms with Crippen LogP contribution in [0.2, 0.25) is 0 Å². The van der Waals surface area contributed by atoms with Gasteiger partial charge in [-0.2, -0.15) is 13.2 Å². The predicted octanol–water partition coefficient (Wildman–Crippen LogP) is 2.33. The fourth-order valence-corrected chi connectivity index (χ4v) is 1.52. The molecule has 0 aromatic rings. The minimum absolute atomic E-state index is 0.191. The second kappa shape index (κ2) is 2.91. The Bertz CT molecular complexity index is 160. The van der Waals surface area contributed by atoms with Gasteiger partial charge < -0.3 is 5.32 Å². The van der Waals surface area contributed by atoms with Crippen LogP contribution in [0.3, 0.4) is 0 Å². The molecule has 0 bridgehead atoms. The van der Waals surface area contributed by atoms with Gasteiger partial charge in [-0.15, -0.1) is 0 Å². The summed E-state index contributed by atoms with van der Waals surface area (Å²) < 4.78 is 36.3. The van der Waals surface area contributed by atoms with E-state index in [0.29, 0.717) is 0 Å². The van der Waals surface area contributed by atoms with E-state index in [0.717, 1.165) is 13.0 Å². The van der Waals surface area contributed by atoms with E-state index < -0.39 is 12.1 Å². The topological polar surface area (TPSA) is 12.0 Å². The first kappa shape index (κ1) is 9.84. The highest BCUT2D eigenvalue weighted by atomic mass is 19.4. The molecule has 1 saturated heterocycles. The lowest BCUT2D eigenvalue weighted by atomic mass is 9.81. The quantitative estimate of drug-likeness (QED) is 0.689. The van der Waals surface area contributed by atoms with Gasteiger partial charge in [0.15, 0.2) is 0 Å². The van der Waals surface area contributed by atoms with Crippen molar-refractivity contribution in [3.8, 4) is 0 Å². The monoisotopic (exact) mass is 181 g/mol. The Labute approximate surface area is 70.3 Å². The SMILES string of the molecule is CC(CC1(C)CCN1)C(F)(F)F. The molecule has 72 valence electrons. The fourth-order valence-electron chi connectivity index (χ4n) is 1.52. The number of rotatable bonds is 2. The molecule has 2 unspecified atom stereocenters. The van der Waals surface area contributed by atoms with Gasteiger partial charge in [0.25, 0.3) is 0 Å². The Morgan fingerprint density at radius 3 is 2.25 bits per heavy atom. The Balaban J connectivity index is 2.40. The molecule has 1 fully saturated rings. The summed E-state index contributed by atoms with van der Waals surface area (Å²) in [6.07, 6.45) is -3.00. The van der Waals surface area contributed by atoms with Crippen molar-refractivity contribution in [1.29, 1.82) is 0 Å². The molecule has 0 amide bonds. The van der Waals surface area contributed by atoms with Gasteiger partial charge in [0.2, 0.25) is 0 Å². The van der Waals surface area contributed by atoms with Crippen molar-refractivity contribution in [1.82, 2.24) is 5.32 Å². The molecule has 1 aliphatic heterocycles. The van der Waals surface area contributed by atoms with Gasteiger partial charge in [0.1, 0.15) is 0 Å². The van der Waals surface area contributed by atoms with Crippen LogP contribution in [-0.2, 0) is 0 Å². The molecule has 0 radical (unpaired) electrons. The molecule has 1 aliphatic rings. The largest absolute Gasteiger partial charge is 0.391 e. The minimum Gasteiger partial charge on any atom is -0.311 e. The predicted molar refractivity (Wildman–Crippen MR) is 40.9 cm³/mol. The minimum atomic E-state index is -4.04. The van der Waals surface area contributed by atoms with E-state index in [-0.39, 0.29) is 12.0 Å². The zero-order chi connectivity index (χ0) is 9.41. The van der Waals surface area contributed by atoms with Crippen LogP contribution in [0, 0.1) is 5.92 Å². The van der Waals surface area contributed by atoms with Crippen LogP contribution in [0.5, 0.6) is 0 Å². The summed E-state index contributed by atoms with van der Waals surface area (Å²) in [6, 6.07) is 0. The first-order valence-electron chi connectivity index (χ1n) is 4.15. The third-order valence-corrected chi connectivity index (χ3v) is 2.54. The van der Waals surface area contributed by atoms with E-state index >= 15 is 0 Å². The molecular formula is C8H14F3N. The molecule has 2 atom stereocenters. The standard InChI is InChI=1S/C8H14F3N/c1-6(8(9,10)11)5-7(2)3-4-12-7/h6,12H,3-5H2,1-2H3. The van der Waals surface area contributed by atoms with Crippen molar-refractivity contribution in [2.24, 2.45) is 5.92 Å². The lowest BCUT2D eigenvalue weighted by molar-refractivity contribution is -0.177. The summed E-state index contributed by atoms with van der Waals surface area (Å²) in [7, 11) is 0. The number of alkyl halides is 3. The number of nitrogens with one attached hydrogen (secondary N) is 1. The van der Waals surface area contributed by atoms with E-state index in [9.17, 15) is 13.2 Å². The van der Waals surface area contributed by atoms with Gasteiger partial charge in [-0.3, -0.25) is 0 Å². The zero-order valence-corrected chi connectivity index (χ0v) is 7.33. The third kappa shape index (κ3) is 2.12. The van der Waals surface area contributed by atoms with Crippen molar-refractivity contribution < 1.29 is 13.2 Å². The van der Waals surface area contributed by atoms with Gasteiger partial charge in [0, 0.05) is 5.54 Å². The molecular weight excluding hydrogens is 167 g/mol. The third-order valence-electron chi connectivity index (χ3n) is 2.54. The Morgan fingerprint density at radius 1 is 1.50 bits per heavy atom. The van der Waals surface area contributed by atoms with Crippen molar-refractivity contribution in [3.05, 3.63) is 0 Å². The number of hydrogen-bond acceptors (Lipinski definition) is 1. The van der Waals surface area contributed by atoms with Gasteiger partial charge in [-0.1, -0.05) is 6.92 Å². The average Bonchev–Trinajstić information content (AvgIpc) is 1.82. The second-order valence-electron chi connectivity index (χ2n) is 3.88. The maximum Gasteiger partial charge on any atom is 0.391 e. The number of halogens is 3. The van der Waals surface area contributed by atoms with Crippen LogP contribution in [0.1, 0.15) is 26.7 Å². The van der Waals surface area contributed by atoms with Crippen LogP contribution in [0.15, 0.2) is 0 Å². The lowest BCUT2D eigenvalue weighted by Crippen LogP contribution is -2.56. The summed E-state index contributed by atoms with van der Waals surface area (Å²) in [5.41, 5.74) is -0.269. The van der Waals surface area contributed by atoms with Crippen molar-refractivity contribution in [2.75, 3.05) is 6.54 Å². The summed E-state index contributed by atoms with van der Waals surface area (Å²) in [4.78, 5) is 0. The van der Waals surface area contributed by atoms with E-state index in [4.69, 9.17) is 0 Å². The van der Waals surface area contributed by atoms with Crippen molar-refractivity contribution >= 4 is 0 Å². The van der Waals surface area contributed by atoms with Crippen LogP contribution in [0.4, 0.5) is 13.2 Å². The molecule has 1 N–H and O–H groups in total. The zero-order valence-electron chi connectivity index (χ0n) is 7.33. The summed E-state index contributed by atoms with van der Waals surface area (Å²) in [5.74, 6) is -1.20. The van der Waals surface area contributed by atoms with E-state index in [1.54, 1.807) is 0 Å². The van der Waals surface area contributed by atoms with Crippen molar-refractivity contribution in [3.63, 3.8) is 0 Å². The first-order chi connectivity index (χ1) is 5.33. The first-order valence-corrected chi connectivity index (χ1v) is 4.15. The molecule has 0 aliphatic carbocycles. The molecule has 0 spiro atoms. The number of hydrogen-bond donors (Lipinski definition) is 1. The highest BCUT2D eigenvalue weighted by Crippen LogP contribution is 2.35. The van der Waals surface area contributed by atoms with Crippen molar-refractivity contribution in [2.45, 2.75) is 38.4 Å². The van der Waals surface area contributed by atoms with Crippen LogP contribution in [0.25, 0.3) is 0 Å². The molecule has 0 saturated carbocycles. The van der Waals surface area contributed by atoms with Gasteiger partial charge in [0.05, 0.1) is 5.92 Å². The second-order valence-corrected chi connectivity index (χ2v) is 3.88. The van der Waals surface area contributed by atoms with E-state index in [1.807, 2.05) is 6.92 Å². The summed E-state index contributed by atoms with van der Waals surface area (Å²) in [6.45, 7) is 3.94. The molecule has 4 heteroatoms. The Morgan fingerprint density at radius 2 is 2.00 bits per heavy atom. The summed E-state index contributed by atoms with van der Waals surface area (Å²) in [5, 5.41) is 3.02. The average molecular weight is 181 g/mol. The van der Waals surface area contributed by atoms with E-state index in [2.05, 4.69) is 5.32 Å². The molecule has 0 aromatic heterocycles. The molecule has 0 aromatic carbocycles. The maximum atomic E-state index is 12.1. The van der Waals surface area contributed by atoms with Gasteiger partial charge in [-0.05, 0) is 26.3 Å². The molecule has 1 nitrogen and oxygen atoms in total. The normalized spacial score (nSPS) is 32.8. The molecule has 1 rings (SSSR count). The van der Waals surface area contributed by atoms with Gasteiger partial charge >= 0.3 is 6.18 Å². The lowest BCUT2D eigenvalue weighted by Gasteiger charge is -2.42. The smallest absolute Gasteiger partial charge is 0.311 e. The highest BCUT2D eigenvalue weighted by Gasteiger charge is 2.42. The Kier molecular flexibility index (Phi) is 2.38. The molecule has 1 heterocycles. The highest BCUT2D eigenvalue weighted by molar-refractivity contribution is 4.94. The fraction of sp³-hybridized carbons (Fsp3) is 1.00. The maximum absolute atomic E-state index is 12.1. The summed E-state index contributed by atoms with van der Waals surface area (Å²) >= 11 is 0. The van der Waals surface area contributed by atoms with Crippen LogP contribution in [-0.4, -0.2) is 18.3 Å². The molecule has 12 heavy (non-hydrogen) atoms. The van der Waals surface area contributed by atoms with Crippen LogP contribution < -0.4 is 5.32 Å². The van der Waals surface area contributed by atoms with E-state index in [1.165, 1.54) is 6.92 Å². The van der Waals surface area contributed by atoms with Gasteiger partial charge in [-0.25, -0.2) is 0 Å².